The molecule has 2 heterocycles. The van der Waals surface area contributed by atoms with E-state index in [-0.39, 0.29) is 24.3 Å². The molecule has 2 atom stereocenters. The molecule has 1 aromatic rings. The van der Waals surface area contributed by atoms with Crippen LogP contribution in [-0.2, 0) is 9.59 Å². The van der Waals surface area contributed by atoms with Crippen molar-refractivity contribution in [1.29, 1.82) is 0 Å². The van der Waals surface area contributed by atoms with E-state index in [2.05, 4.69) is 13.8 Å². The lowest BCUT2D eigenvalue weighted by atomic mass is 9.95. The molecule has 0 N–H and O–H groups in total. The maximum atomic E-state index is 12.9. The van der Waals surface area contributed by atoms with Crippen LogP contribution in [0.4, 0.5) is 0 Å². The number of rotatable bonds is 3. The molecule has 6 nitrogen and oxygen atoms in total. The van der Waals surface area contributed by atoms with Crippen molar-refractivity contribution in [2.75, 3.05) is 26.7 Å². The van der Waals surface area contributed by atoms with Gasteiger partial charge in [0.05, 0.1) is 6.54 Å². The van der Waals surface area contributed by atoms with Crippen LogP contribution in [0.1, 0.15) is 36.2 Å². The maximum Gasteiger partial charge on any atom is 0.254 e. The zero-order chi connectivity index (χ0) is 19.0. The summed E-state index contributed by atoms with van der Waals surface area (Å²) < 4.78 is 0. The van der Waals surface area contributed by atoms with Crippen molar-refractivity contribution in [2.45, 2.75) is 39.3 Å². The zero-order valence-corrected chi connectivity index (χ0v) is 15.9. The molecule has 0 bridgehead atoms. The van der Waals surface area contributed by atoms with Crippen molar-refractivity contribution in [3.8, 4) is 0 Å². The number of fused-ring (bicyclic) bond motifs is 1. The summed E-state index contributed by atoms with van der Waals surface area (Å²) in [6.07, 6.45) is 0.663. The number of benzene rings is 1. The Bertz CT molecular complexity index is 731. The third-order valence-corrected chi connectivity index (χ3v) is 5.30. The lowest BCUT2D eigenvalue weighted by molar-refractivity contribution is -0.163. The molecule has 2 aliphatic heterocycles. The van der Waals surface area contributed by atoms with Crippen LogP contribution in [0.5, 0.6) is 0 Å². The van der Waals surface area contributed by atoms with Gasteiger partial charge in [0, 0.05) is 25.7 Å². The summed E-state index contributed by atoms with van der Waals surface area (Å²) in [5, 5.41) is 0. The number of piperazine rings is 2. The summed E-state index contributed by atoms with van der Waals surface area (Å²) in [4.78, 5) is 43.5. The first-order chi connectivity index (χ1) is 12.3. The first-order valence-electron chi connectivity index (χ1n) is 9.22. The second-order valence-corrected chi connectivity index (χ2v) is 7.76. The van der Waals surface area contributed by atoms with Gasteiger partial charge in [-0.3, -0.25) is 14.4 Å². The monoisotopic (exact) mass is 357 g/mol. The van der Waals surface area contributed by atoms with Crippen LogP contribution < -0.4 is 0 Å². The van der Waals surface area contributed by atoms with Gasteiger partial charge >= 0.3 is 0 Å². The number of carbonyl (C=O) groups excluding carboxylic acids is 3. The average molecular weight is 357 g/mol. The number of nitrogens with zero attached hydrogens (tertiary/aromatic N) is 3. The summed E-state index contributed by atoms with van der Waals surface area (Å²) in [5.74, 6) is 0.186. The van der Waals surface area contributed by atoms with Gasteiger partial charge in [0.1, 0.15) is 12.1 Å². The van der Waals surface area contributed by atoms with Crippen LogP contribution in [0.25, 0.3) is 0 Å². The molecule has 2 saturated heterocycles. The van der Waals surface area contributed by atoms with Crippen molar-refractivity contribution in [1.82, 2.24) is 14.7 Å². The Labute approximate surface area is 154 Å². The van der Waals surface area contributed by atoms with Crippen molar-refractivity contribution in [3.63, 3.8) is 0 Å². The van der Waals surface area contributed by atoms with Gasteiger partial charge in [0.15, 0.2) is 0 Å². The Kier molecular flexibility index (Phi) is 5.03. The summed E-state index contributed by atoms with van der Waals surface area (Å²) in [6.45, 7) is 7.18. The highest BCUT2D eigenvalue weighted by atomic mass is 16.2. The molecule has 1 aromatic carbocycles. The Hall–Kier alpha value is -2.37. The number of hydrogen-bond donors (Lipinski definition) is 0. The van der Waals surface area contributed by atoms with Gasteiger partial charge in [0.2, 0.25) is 11.8 Å². The molecular weight excluding hydrogens is 330 g/mol. The predicted molar refractivity (Wildman–Crippen MR) is 98.6 cm³/mol. The Balaban J connectivity index is 1.77. The molecule has 3 amide bonds. The highest BCUT2D eigenvalue weighted by Gasteiger charge is 2.47. The molecule has 0 unspecified atom stereocenters. The van der Waals surface area contributed by atoms with Crippen LogP contribution in [-0.4, -0.2) is 71.2 Å². The molecule has 140 valence electrons. The molecule has 6 heteroatoms. The molecule has 2 aliphatic rings. The third-order valence-electron chi connectivity index (χ3n) is 5.30. The third kappa shape index (κ3) is 3.32. The van der Waals surface area contributed by atoms with Gasteiger partial charge in [0.25, 0.3) is 5.91 Å². The fraction of sp³-hybridized carbons (Fsp3) is 0.550. The molecular formula is C20H27N3O3. The smallest absolute Gasteiger partial charge is 0.254 e. The molecule has 0 aliphatic carbocycles. The van der Waals surface area contributed by atoms with E-state index < -0.39 is 12.1 Å². The summed E-state index contributed by atoms with van der Waals surface area (Å²) in [6, 6.07) is 6.49. The Morgan fingerprint density at radius 1 is 1.19 bits per heavy atom. The molecule has 0 aromatic heterocycles. The van der Waals surface area contributed by atoms with E-state index in [4.69, 9.17) is 0 Å². The minimum Gasteiger partial charge on any atom is -0.334 e. The van der Waals surface area contributed by atoms with E-state index >= 15 is 0 Å². The van der Waals surface area contributed by atoms with Crippen molar-refractivity contribution in [2.24, 2.45) is 5.92 Å². The standard InChI is InChI=1S/C20H27N3O3/c1-13(2)10-16-20(26)23-9-8-22(12-17(23)19(25)21(16)4)18(24)15-7-5-6-14(3)11-15/h5-7,11,13,16-17H,8-10,12H2,1-4H3/t16-,17+/m0/s1. The summed E-state index contributed by atoms with van der Waals surface area (Å²) >= 11 is 0. The Morgan fingerprint density at radius 3 is 2.58 bits per heavy atom. The summed E-state index contributed by atoms with van der Waals surface area (Å²) in [7, 11) is 1.70. The van der Waals surface area contributed by atoms with Gasteiger partial charge < -0.3 is 14.7 Å². The number of hydrogen-bond acceptors (Lipinski definition) is 3. The number of amides is 3. The lowest BCUT2D eigenvalue weighted by Gasteiger charge is -2.48. The molecule has 0 saturated carbocycles. The van der Waals surface area contributed by atoms with Gasteiger partial charge in [-0.25, -0.2) is 0 Å². The quantitative estimate of drug-likeness (QED) is 0.824. The van der Waals surface area contributed by atoms with Crippen molar-refractivity contribution < 1.29 is 14.4 Å². The largest absolute Gasteiger partial charge is 0.334 e. The van der Waals surface area contributed by atoms with E-state index in [0.717, 1.165) is 5.56 Å². The van der Waals surface area contributed by atoms with Crippen LogP contribution in [0.2, 0.25) is 0 Å². The van der Waals surface area contributed by atoms with Crippen LogP contribution in [0.15, 0.2) is 24.3 Å². The normalized spacial score (nSPS) is 23.5. The minimum absolute atomic E-state index is 0.00783. The molecule has 26 heavy (non-hydrogen) atoms. The molecule has 2 fully saturated rings. The number of carbonyl (C=O) groups is 3. The molecule has 0 spiro atoms. The first kappa shape index (κ1) is 18.4. The highest BCUT2D eigenvalue weighted by Crippen LogP contribution is 2.25. The minimum atomic E-state index is -0.571. The predicted octanol–water partition coefficient (Wildman–Crippen LogP) is 1.53. The van der Waals surface area contributed by atoms with Gasteiger partial charge in [-0.1, -0.05) is 31.5 Å². The second kappa shape index (κ2) is 7.09. The van der Waals surface area contributed by atoms with E-state index in [9.17, 15) is 14.4 Å². The topological polar surface area (TPSA) is 60.9 Å². The number of likely N-dealkylation sites (N-methyl/N-ethyl adjacent to an activating group) is 1. The SMILES string of the molecule is Cc1cccc(C(=O)N2CCN3C(=O)[C@H](CC(C)C)N(C)C(=O)[C@H]3C2)c1. The van der Waals surface area contributed by atoms with E-state index in [1.54, 1.807) is 27.8 Å². The van der Waals surface area contributed by atoms with E-state index in [1.165, 1.54) is 0 Å². The van der Waals surface area contributed by atoms with Crippen molar-refractivity contribution >= 4 is 17.7 Å². The van der Waals surface area contributed by atoms with Crippen LogP contribution in [0, 0.1) is 12.8 Å². The average Bonchev–Trinajstić information content (AvgIpc) is 2.62. The van der Waals surface area contributed by atoms with Crippen LogP contribution >= 0.6 is 0 Å². The lowest BCUT2D eigenvalue weighted by Crippen LogP contribution is -2.69. The fourth-order valence-electron chi connectivity index (χ4n) is 3.85. The van der Waals surface area contributed by atoms with Crippen molar-refractivity contribution in [3.05, 3.63) is 35.4 Å². The molecule has 0 radical (unpaired) electrons. The van der Waals surface area contributed by atoms with Gasteiger partial charge in [-0.2, -0.15) is 0 Å². The van der Waals surface area contributed by atoms with E-state index in [0.29, 0.717) is 31.0 Å². The zero-order valence-electron chi connectivity index (χ0n) is 15.9. The highest BCUT2D eigenvalue weighted by molar-refractivity contribution is 5.99. The molecule has 3 rings (SSSR count). The Morgan fingerprint density at radius 2 is 1.92 bits per heavy atom. The first-order valence-corrected chi connectivity index (χ1v) is 9.22. The fourth-order valence-corrected chi connectivity index (χ4v) is 3.85. The second-order valence-electron chi connectivity index (χ2n) is 7.76. The number of aryl methyl sites for hydroxylation is 1. The van der Waals surface area contributed by atoms with Gasteiger partial charge in [-0.15, -0.1) is 0 Å². The summed E-state index contributed by atoms with van der Waals surface area (Å²) in [5.41, 5.74) is 1.65. The van der Waals surface area contributed by atoms with Gasteiger partial charge in [-0.05, 0) is 31.4 Å². The van der Waals surface area contributed by atoms with E-state index in [1.807, 2.05) is 25.1 Å². The maximum absolute atomic E-state index is 12.9. The van der Waals surface area contributed by atoms with Crippen LogP contribution in [0.3, 0.4) is 0 Å².